The summed E-state index contributed by atoms with van der Waals surface area (Å²) in [6.07, 6.45) is 0. The highest BCUT2D eigenvalue weighted by molar-refractivity contribution is 14.1. The van der Waals surface area contributed by atoms with Crippen LogP contribution in [0.15, 0.2) is 30.3 Å². The predicted molar refractivity (Wildman–Crippen MR) is 78.1 cm³/mol. The van der Waals surface area contributed by atoms with E-state index in [1.165, 1.54) is 11.5 Å². The fourth-order valence-corrected chi connectivity index (χ4v) is 3.10. The van der Waals surface area contributed by atoms with Gasteiger partial charge in [0.1, 0.15) is 5.01 Å². The van der Waals surface area contributed by atoms with E-state index in [-0.39, 0.29) is 0 Å². The summed E-state index contributed by atoms with van der Waals surface area (Å²) in [6.45, 7) is 2.00. The normalized spacial score (nSPS) is 10.9. The standard InChI is InChI=1S/C12H8IN3S/c1-7-6-9(11-15-12(13)16-17-11)8-4-2-3-5-10(8)14-7/h2-6H,1H3. The number of nitrogens with zero attached hydrogens (tertiary/aromatic N) is 3. The summed E-state index contributed by atoms with van der Waals surface area (Å²) in [7, 11) is 0. The highest BCUT2D eigenvalue weighted by Gasteiger charge is 2.10. The first-order valence-corrected chi connectivity index (χ1v) is 6.95. The minimum Gasteiger partial charge on any atom is -0.253 e. The van der Waals surface area contributed by atoms with Crippen LogP contribution in [0, 0.1) is 10.8 Å². The number of halogens is 1. The van der Waals surface area contributed by atoms with Crippen LogP contribution in [0.25, 0.3) is 21.5 Å². The first-order chi connectivity index (χ1) is 8.24. The second-order valence-corrected chi connectivity index (χ2v) is 5.41. The topological polar surface area (TPSA) is 38.7 Å². The van der Waals surface area contributed by atoms with Crippen molar-refractivity contribution in [2.45, 2.75) is 6.92 Å². The molecule has 0 atom stereocenters. The maximum Gasteiger partial charge on any atom is 0.203 e. The number of aryl methyl sites for hydroxylation is 1. The van der Waals surface area contributed by atoms with Crippen molar-refractivity contribution in [3.63, 3.8) is 0 Å². The summed E-state index contributed by atoms with van der Waals surface area (Å²) in [5.41, 5.74) is 3.13. The fourth-order valence-electron chi connectivity index (χ4n) is 1.80. The average Bonchev–Trinajstić information content (AvgIpc) is 2.74. The zero-order chi connectivity index (χ0) is 11.8. The van der Waals surface area contributed by atoms with Gasteiger partial charge in [-0.15, -0.1) is 0 Å². The second kappa shape index (κ2) is 4.30. The van der Waals surface area contributed by atoms with Gasteiger partial charge in [-0.05, 0) is 30.6 Å². The molecule has 0 unspecified atom stereocenters. The van der Waals surface area contributed by atoms with Crippen LogP contribution in [-0.2, 0) is 0 Å². The van der Waals surface area contributed by atoms with E-state index in [1.807, 2.05) is 25.1 Å². The molecule has 1 aromatic carbocycles. The fraction of sp³-hybridized carbons (Fsp3) is 0.0833. The molecule has 3 nitrogen and oxygen atoms in total. The smallest absolute Gasteiger partial charge is 0.203 e. The number of hydrogen-bond acceptors (Lipinski definition) is 4. The molecule has 0 aliphatic carbocycles. The van der Waals surface area contributed by atoms with E-state index >= 15 is 0 Å². The van der Waals surface area contributed by atoms with Crippen molar-refractivity contribution in [3.8, 4) is 10.6 Å². The van der Waals surface area contributed by atoms with E-state index in [9.17, 15) is 0 Å². The number of aromatic nitrogens is 3. The molecule has 17 heavy (non-hydrogen) atoms. The molecule has 0 saturated carbocycles. The number of rotatable bonds is 1. The summed E-state index contributed by atoms with van der Waals surface area (Å²) >= 11 is 3.56. The summed E-state index contributed by atoms with van der Waals surface area (Å²) in [5.74, 6) is 0. The van der Waals surface area contributed by atoms with Gasteiger partial charge in [0.2, 0.25) is 3.83 Å². The molecular formula is C12H8IN3S. The third-order valence-electron chi connectivity index (χ3n) is 2.48. The molecule has 0 spiro atoms. The van der Waals surface area contributed by atoms with Crippen molar-refractivity contribution in [1.82, 2.24) is 14.3 Å². The molecule has 0 aliphatic rings. The van der Waals surface area contributed by atoms with Gasteiger partial charge in [-0.2, -0.15) is 4.37 Å². The van der Waals surface area contributed by atoms with Gasteiger partial charge in [-0.25, -0.2) is 4.98 Å². The lowest BCUT2D eigenvalue weighted by Gasteiger charge is -2.04. The zero-order valence-corrected chi connectivity index (χ0v) is 12.0. The lowest BCUT2D eigenvalue weighted by atomic mass is 10.1. The first-order valence-electron chi connectivity index (χ1n) is 5.10. The minimum absolute atomic E-state index is 0.793. The largest absolute Gasteiger partial charge is 0.253 e. The van der Waals surface area contributed by atoms with E-state index in [1.54, 1.807) is 0 Å². The molecule has 0 amide bonds. The van der Waals surface area contributed by atoms with Gasteiger partial charge in [0, 0.05) is 39.2 Å². The third kappa shape index (κ3) is 2.04. The van der Waals surface area contributed by atoms with Crippen LogP contribution in [0.5, 0.6) is 0 Å². The predicted octanol–water partition coefficient (Wildman–Crippen LogP) is 3.67. The Balaban J connectivity index is 2.35. The Morgan fingerprint density at radius 3 is 2.76 bits per heavy atom. The van der Waals surface area contributed by atoms with Gasteiger partial charge in [-0.3, -0.25) is 4.98 Å². The Kier molecular flexibility index (Phi) is 2.79. The number of para-hydroxylation sites is 1. The zero-order valence-electron chi connectivity index (χ0n) is 9.01. The Morgan fingerprint density at radius 1 is 1.18 bits per heavy atom. The molecule has 3 aromatic rings. The van der Waals surface area contributed by atoms with Gasteiger partial charge in [-0.1, -0.05) is 18.2 Å². The van der Waals surface area contributed by atoms with E-state index < -0.39 is 0 Å². The molecular weight excluding hydrogens is 345 g/mol. The highest BCUT2D eigenvalue weighted by atomic mass is 127. The molecule has 2 heterocycles. The average molecular weight is 353 g/mol. The number of benzene rings is 1. The summed E-state index contributed by atoms with van der Waals surface area (Å²) < 4.78 is 5.02. The van der Waals surface area contributed by atoms with Gasteiger partial charge in [0.15, 0.2) is 0 Å². The molecule has 0 fully saturated rings. The quantitative estimate of drug-likeness (QED) is 0.627. The number of hydrogen-bond donors (Lipinski definition) is 0. The van der Waals surface area contributed by atoms with E-state index in [4.69, 9.17) is 0 Å². The maximum absolute atomic E-state index is 4.52. The molecule has 84 valence electrons. The van der Waals surface area contributed by atoms with Crippen LogP contribution in [0.1, 0.15) is 5.69 Å². The lowest BCUT2D eigenvalue weighted by molar-refractivity contribution is 1.23. The van der Waals surface area contributed by atoms with Crippen molar-refractivity contribution in [3.05, 3.63) is 39.9 Å². The summed E-state index contributed by atoms with van der Waals surface area (Å²) in [5, 5.41) is 2.08. The van der Waals surface area contributed by atoms with Crippen LogP contribution in [0.3, 0.4) is 0 Å². The van der Waals surface area contributed by atoms with Crippen LogP contribution in [0.2, 0.25) is 0 Å². The highest BCUT2D eigenvalue weighted by Crippen LogP contribution is 2.29. The van der Waals surface area contributed by atoms with Gasteiger partial charge >= 0.3 is 0 Å². The lowest BCUT2D eigenvalue weighted by Crippen LogP contribution is -1.87. The Bertz CT molecular complexity index is 693. The Labute approximate surface area is 116 Å². The van der Waals surface area contributed by atoms with Crippen molar-refractivity contribution in [2.24, 2.45) is 0 Å². The molecule has 0 N–H and O–H groups in total. The van der Waals surface area contributed by atoms with Crippen molar-refractivity contribution in [1.29, 1.82) is 0 Å². The number of pyridine rings is 1. The summed E-state index contributed by atoms with van der Waals surface area (Å²) in [6, 6.07) is 10.2. The molecule has 5 heteroatoms. The van der Waals surface area contributed by atoms with Gasteiger partial charge in [0.25, 0.3) is 0 Å². The van der Waals surface area contributed by atoms with E-state index in [0.717, 1.165) is 31.0 Å². The molecule has 0 radical (unpaired) electrons. The number of fused-ring (bicyclic) bond motifs is 1. The van der Waals surface area contributed by atoms with Crippen molar-refractivity contribution in [2.75, 3.05) is 0 Å². The SMILES string of the molecule is Cc1cc(-c2nc(I)ns2)c2ccccc2n1. The van der Waals surface area contributed by atoms with Crippen molar-refractivity contribution < 1.29 is 0 Å². The van der Waals surface area contributed by atoms with Gasteiger partial charge < -0.3 is 0 Å². The molecule has 0 saturated heterocycles. The molecule has 3 rings (SSSR count). The van der Waals surface area contributed by atoms with Crippen LogP contribution >= 0.6 is 34.1 Å². The van der Waals surface area contributed by atoms with Gasteiger partial charge in [0.05, 0.1) is 5.52 Å². The minimum atomic E-state index is 0.793. The molecule has 2 aromatic heterocycles. The Morgan fingerprint density at radius 2 is 2.00 bits per heavy atom. The van der Waals surface area contributed by atoms with E-state index in [0.29, 0.717) is 0 Å². The van der Waals surface area contributed by atoms with Crippen LogP contribution < -0.4 is 0 Å². The van der Waals surface area contributed by atoms with E-state index in [2.05, 4.69) is 49.1 Å². The van der Waals surface area contributed by atoms with Crippen LogP contribution in [0.4, 0.5) is 0 Å². The Hall–Kier alpha value is -1.08. The monoisotopic (exact) mass is 353 g/mol. The molecule has 0 aliphatic heterocycles. The molecule has 0 bridgehead atoms. The summed E-state index contributed by atoms with van der Waals surface area (Å²) in [4.78, 5) is 8.96. The first kappa shape index (κ1) is 11.0. The maximum atomic E-state index is 4.52. The van der Waals surface area contributed by atoms with Crippen LogP contribution in [-0.4, -0.2) is 14.3 Å². The van der Waals surface area contributed by atoms with Crippen molar-refractivity contribution >= 4 is 45.0 Å². The second-order valence-electron chi connectivity index (χ2n) is 3.70. The third-order valence-corrected chi connectivity index (χ3v) is 4.03.